The predicted octanol–water partition coefficient (Wildman–Crippen LogP) is 0.611. The molecule has 0 N–H and O–H groups in total. The second-order valence-electron chi connectivity index (χ2n) is 2.12. The second-order valence-corrected chi connectivity index (χ2v) is 2.12. The fourth-order valence-electron chi connectivity index (χ4n) is 0.851. The van der Waals surface area contributed by atoms with E-state index in [9.17, 15) is 9.59 Å². The van der Waals surface area contributed by atoms with Crippen molar-refractivity contribution in [3.05, 3.63) is 29.3 Å². The molecular formula is C9H6O3. The average Bonchev–Trinajstić information content (AvgIpc) is 2.16. The topological polar surface area (TPSA) is 43.4 Å². The normalized spacial score (nSPS) is 9.08. The number of hydrogen-bond acceptors (Lipinski definition) is 3. The minimum Gasteiger partial charge on any atom is -0.496 e. The highest BCUT2D eigenvalue weighted by Gasteiger charge is 2.03. The van der Waals surface area contributed by atoms with Crippen LogP contribution in [0.3, 0.4) is 0 Å². The molecule has 1 aromatic carbocycles. The van der Waals surface area contributed by atoms with E-state index >= 15 is 0 Å². The van der Waals surface area contributed by atoms with Gasteiger partial charge >= 0.3 is 0 Å². The highest BCUT2D eigenvalue weighted by Crippen LogP contribution is 2.16. The highest BCUT2D eigenvalue weighted by atomic mass is 16.5. The Hall–Kier alpha value is -1.64. The molecule has 0 bridgehead atoms. The van der Waals surface area contributed by atoms with Crippen LogP contribution >= 0.6 is 0 Å². The summed E-state index contributed by atoms with van der Waals surface area (Å²) in [7, 11) is 1.44. The van der Waals surface area contributed by atoms with Gasteiger partial charge in [0.15, 0.2) is 0 Å². The first kappa shape index (κ1) is 8.46. The third-order valence-electron chi connectivity index (χ3n) is 1.43. The molecule has 0 atom stereocenters. The van der Waals surface area contributed by atoms with Crippen LogP contribution in [0.15, 0.2) is 18.2 Å². The molecule has 60 valence electrons. The molecule has 0 unspecified atom stereocenters. The van der Waals surface area contributed by atoms with Crippen LogP contribution < -0.4 is 4.74 Å². The van der Waals surface area contributed by atoms with E-state index in [1.165, 1.54) is 25.3 Å². The van der Waals surface area contributed by atoms with Crippen LogP contribution in [0.25, 0.3) is 0 Å². The first-order chi connectivity index (χ1) is 5.81. The standard InChI is InChI=1S/C9H6O3/c1-12-9-3-2-7(5-10)4-8(9)6-11/h2-4H,1H3. The molecule has 3 nitrogen and oxygen atoms in total. The molecule has 1 aromatic rings. The molecule has 0 aromatic heterocycles. The van der Waals surface area contributed by atoms with Crippen molar-refractivity contribution in [3.8, 4) is 5.75 Å². The van der Waals surface area contributed by atoms with Gasteiger partial charge < -0.3 is 4.74 Å². The van der Waals surface area contributed by atoms with Crippen molar-refractivity contribution in [3.63, 3.8) is 0 Å². The summed E-state index contributed by atoms with van der Waals surface area (Å²) in [5.41, 5.74) is 0.549. The molecule has 3 heteroatoms. The van der Waals surface area contributed by atoms with E-state index < -0.39 is 0 Å². The Bertz CT molecular complexity index is 305. The van der Waals surface area contributed by atoms with E-state index in [1.54, 1.807) is 12.6 Å². The maximum absolute atomic E-state index is 10.3. The third-order valence-corrected chi connectivity index (χ3v) is 1.43. The van der Waals surface area contributed by atoms with Crippen molar-refractivity contribution in [1.82, 2.24) is 0 Å². The number of rotatable bonds is 3. The smallest absolute Gasteiger partial charge is 0.237 e. The van der Waals surface area contributed by atoms with E-state index in [4.69, 9.17) is 4.74 Å². The molecule has 0 spiro atoms. The molecule has 0 aliphatic rings. The monoisotopic (exact) mass is 162 g/mol. The van der Waals surface area contributed by atoms with Crippen molar-refractivity contribution in [1.29, 1.82) is 0 Å². The zero-order valence-corrected chi connectivity index (χ0v) is 6.46. The Kier molecular flexibility index (Phi) is 2.58. The molecule has 0 fully saturated rings. The van der Waals surface area contributed by atoms with E-state index in [2.05, 4.69) is 0 Å². The molecule has 0 saturated carbocycles. The first-order valence-electron chi connectivity index (χ1n) is 3.26. The molecule has 0 aliphatic carbocycles. The van der Waals surface area contributed by atoms with Gasteiger partial charge in [0.05, 0.1) is 12.7 Å². The van der Waals surface area contributed by atoms with Crippen LogP contribution in [-0.4, -0.2) is 19.7 Å². The lowest BCUT2D eigenvalue weighted by Gasteiger charge is -2.01. The molecule has 12 heavy (non-hydrogen) atoms. The SMILES string of the molecule is COc1ccc([C]=O)cc1[C]=O. The fraction of sp³-hybridized carbons (Fsp3) is 0.111. The van der Waals surface area contributed by atoms with Crippen molar-refractivity contribution < 1.29 is 14.3 Å². The zero-order chi connectivity index (χ0) is 8.97. The molecule has 0 amide bonds. The summed E-state index contributed by atoms with van der Waals surface area (Å²) in [6, 6.07) is 4.42. The quantitative estimate of drug-likeness (QED) is 0.654. The number of methoxy groups -OCH3 is 1. The largest absolute Gasteiger partial charge is 0.496 e. The van der Waals surface area contributed by atoms with Crippen LogP contribution in [0.4, 0.5) is 0 Å². The number of ether oxygens (including phenoxy) is 1. The van der Waals surface area contributed by atoms with Gasteiger partial charge in [-0.15, -0.1) is 0 Å². The van der Waals surface area contributed by atoms with Crippen LogP contribution in [0, 0.1) is 0 Å². The van der Waals surface area contributed by atoms with Gasteiger partial charge in [-0.1, -0.05) is 0 Å². The fourth-order valence-corrected chi connectivity index (χ4v) is 0.851. The van der Waals surface area contributed by atoms with Crippen LogP contribution in [0.5, 0.6) is 5.75 Å². The minimum absolute atomic E-state index is 0.235. The Morgan fingerprint density at radius 1 is 1.25 bits per heavy atom. The lowest BCUT2D eigenvalue weighted by molar-refractivity contribution is 0.413. The summed E-state index contributed by atoms with van der Waals surface area (Å²) in [6.45, 7) is 0. The van der Waals surface area contributed by atoms with E-state index in [0.29, 0.717) is 11.3 Å². The van der Waals surface area contributed by atoms with Gasteiger partial charge in [0.25, 0.3) is 0 Å². The summed E-state index contributed by atoms with van der Waals surface area (Å²) >= 11 is 0. The summed E-state index contributed by atoms with van der Waals surface area (Å²) in [5.74, 6) is 0.406. The Morgan fingerprint density at radius 3 is 2.50 bits per heavy atom. The Morgan fingerprint density at radius 2 is 2.00 bits per heavy atom. The molecule has 0 heterocycles. The number of carbonyl (C=O) groups excluding carboxylic acids is 2. The van der Waals surface area contributed by atoms with Gasteiger partial charge in [0.1, 0.15) is 5.75 Å². The molecular weight excluding hydrogens is 156 g/mol. The highest BCUT2D eigenvalue weighted by molar-refractivity contribution is 5.85. The summed E-state index contributed by atoms with van der Waals surface area (Å²) < 4.78 is 4.84. The van der Waals surface area contributed by atoms with Gasteiger partial charge in [-0.2, -0.15) is 0 Å². The summed E-state index contributed by atoms with van der Waals surface area (Å²) in [6.07, 6.45) is 3.34. The number of hydrogen-bond donors (Lipinski definition) is 0. The maximum Gasteiger partial charge on any atom is 0.237 e. The second kappa shape index (κ2) is 3.67. The third kappa shape index (κ3) is 1.50. The molecule has 0 saturated heterocycles. The van der Waals surface area contributed by atoms with Gasteiger partial charge in [-0.25, -0.2) is 0 Å². The van der Waals surface area contributed by atoms with Crippen molar-refractivity contribution in [2.24, 2.45) is 0 Å². The molecule has 1 rings (SSSR count). The van der Waals surface area contributed by atoms with Gasteiger partial charge in [0, 0.05) is 5.56 Å². The lowest BCUT2D eigenvalue weighted by Crippen LogP contribution is -1.92. The van der Waals surface area contributed by atoms with Gasteiger partial charge in [-0.3, -0.25) is 9.59 Å². The summed E-state index contributed by atoms with van der Waals surface area (Å²) in [5, 5.41) is 0. The average molecular weight is 162 g/mol. The first-order valence-corrected chi connectivity index (χ1v) is 3.26. The van der Waals surface area contributed by atoms with E-state index in [-0.39, 0.29) is 5.56 Å². The molecule has 0 aliphatic heterocycles. The van der Waals surface area contributed by atoms with Crippen LogP contribution in [0.2, 0.25) is 0 Å². The van der Waals surface area contributed by atoms with Crippen molar-refractivity contribution >= 4 is 12.6 Å². The Balaban J connectivity index is 3.18. The van der Waals surface area contributed by atoms with Crippen molar-refractivity contribution in [2.75, 3.05) is 7.11 Å². The van der Waals surface area contributed by atoms with E-state index in [1.807, 2.05) is 0 Å². The summed E-state index contributed by atoms with van der Waals surface area (Å²) in [4.78, 5) is 20.5. The maximum atomic E-state index is 10.3. The van der Waals surface area contributed by atoms with Gasteiger partial charge in [0.2, 0.25) is 12.6 Å². The Labute approximate surface area is 70.0 Å². The lowest BCUT2D eigenvalue weighted by atomic mass is 10.1. The number of benzene rings is 1. The minimum atomic E-state index is 0.235. The predicted molar refractivity (Wildman–Crippen MR) is 42.6 cm³/mol. The van der Waals surface area contributed by atoms with Crippen molar-refractivity contribution in [2.45, 2.75) is 0 Å². The van der Waals surface area contributed by atoms with Crippen LogP contribution in [0.1, 0.15) is 11.1 Å². The molecule has 2 radical (unpaired) electrons. The zero-order valence-electron chi connectivity index (χ0n) is 6.46. The van der Waals surface area contributed by atoms with Gasteiger partial charge in [-0.05, 0) is 18.2 Å². The van der Waals surface area contributed by atoms with E-state index in [0.717, 1.165) is 0 Å². The van der Waals surface area contributed by atoms with Crippen LogP contribution in [-0.2, 0) is 9.59 Å².